The molecule has 1 N–H and O–H groups in total. The first-order chi connectivity index (χ1) is 5.52. The van der Waals surface area contributed by atoms with Gasteiger partial charge in [0, 0.05) is 11.6 Å². The quantitative estimate of drug-likeness (QED) is 0.639. The van der Waals surface area contributed by atoms with Crippen molar-refractivity contribution in [3.05, 3.63) is 28.8 Å². The van der Waals surface area contributed by atoms with Gasteiger partial charge in [-0.3, -0.25) is 0 Å². The van der Waals surface area contributed by atoms with E-state index in [0.29, 0.717) is 0 Å². The summed E-state index contributed by atoms with van der Waals surface area (Å²) in [5.41, 5.74) is 5.56. The zero-order valence-electron chi connectivity index (χ0n) is 8.65. The fourth-order valence-corrected chi connectivity index (χ4v) is 1.50. The molecule has 0 aliphatic heterocycles. The summed E-state index contributed by atoms with van der Waals surface area (Å²) in [6.07, 6.45) is 0. The molecule has 0 amide bonds. The second-order valence-electron chi connectivity index (χ2n) is 3.75. The molecule has 1 nitrogen and oxygen atoms in total. The lowest BCUT2D eigenvalue weighted by atomic mass is 10.0. The Labute approximate surface area is 75.0 Å². The molecule has 0 bridgehead atoms. The topological polar surface area (TPSA) is 4.44 Å². The van der Waals surface area contributed by atoms with Crippen LogP contribution in [0.5, 0.6) is 0 Å². The van der Waals surface area contributed by atoms with Gasteiger partial charge in [0.1, 0.15) is 5.69 Å². The van der Waals surface area contributed by atoms with Crippen LogP contribution in [0.4, 0.5) is 5.69 Å². The average molecular weight is 164 g/mol. The summed E-state index contributed by atoms with van der Waals surface area (Å²) in [4.78, 5) is 1.40. The van der Waals surface area contributed by atoms with Gasteiger partial charge in [-0.05, 0) is 31.9 Å². The van der Waals surface area contributed by atoms with Crippen molar-refractivity contribution in [3.8, 4) is 0 Å². The molecule has 0 aromatic heterocycles. The van der Waals surface area contributed by atoms with E-state index in [1.807, 2.05) is 0 Å². The number of quaternary nitrogens is 1. The van der Waals surface area contributed by atoms with E-state index in [1.165, 1.54) is 27.3 Å². The van der Waals surface area contributed by atoms with Crippen molar-refractivity contribution in [1.82, 2.24) is 0 Å². The minimum atomic E-state index is 1.39. The van der Waals surface area contributed by atoms with Gasteiger partial charge in [-0.2, -0.15) is 0 Å². The van der Waals surface area contributed by atoms with Crippen molar-refractivity contribution < 1.29 is 4.90 Å². The van der Waals surface area contributed by atoms with Crippen LogP contribution < -0.4 is 4.90 Å². The van der Waals surface area contributed by atoms with Crippen LogP contribution in [-0.2, 0) is 0 Å². The van der Waals surface area contributed by atoms with Crippen LogP contribution in [0, 0.1) is 20.8 Å². The Morgan fingerprint density at radius 3 is 1.83 bits per heavy atom. The molecule has 12 heavy (non-hydrogen) atoms. The van der Waals surface area contributed by atoms with E-state index in [-0.39, 0.29) is 0 Å². The molecule has 0 saturated carbocycles. The van der Waals surface area contributed by atoms with E-state index in [1.54, 1.807) is 0 Å². The van der Waals surface area contributed by atoms with Crippen molar-refractivity contribution in [2.45, 2.75) is 20.8 Å². The second kappa shape index (κ2) is 3.28. The molecule has 0 saturated heterocycles. The SMILES string of the molecule is Cc1cc(C)c([NH+](C)C)cc1C. The first-order valence-electron chi connectivity index (χ1n) is 4.40. The third-order valence-corrected chi connectivity index (χ3v) is 2.38. The summed E-state index contributed by atoms with van der Waals surface area (Å²) in [5.74, 6) is 0. The smallest absolute Gasteiger partial charge is 0.133 e. The highest BCUT2D eigenvalue weighted by Gasteiger charge is 2.06. The van der Waals surface area contributed by atoms with E-state index in [9.17, 15) is 0 Å². The largest absolute Gasteiger partial charge is 0.307 e. The molecule has 0 fully saturated rings. The van der Waals surface area contributed by atoms with Gasteiger partial charge in [0.05, 0.1) is 14.1 Å². The third-order valence-electron chi connectivity index (χ3n) is 2.38. The lowest BCUT2D eigenvalue weighted by molar-refractivity contribution is -0.786. The summed E-state index contributed by atoms with van der Waals surface area (Å²) in [5, 5.41) is 0. The van der Waals surface area contributed by atoms with Crippen molar-refractivity contribution in [2.75, 3.05) is 14.1 Å². The molecule has 0 aliphatic rings. The highest BCUT2D eigenvalue weighted by Crippen LogP contribution is 2.15. The Morgan fingerprint density at radius 1 is 0.833 bits per heavy atom. The molecule has 1 heteroatoms. The van der Waals surface area contributed by atoms with E-state index in [0.717, 1.165) is 0 Å². The summed E-state index contributed by atoms with van der Waals surface area (Å²) in [7, 11) is 4.33. The van der Waals surface area contributed by atoms with Crippen molar-refractivity contribution in [3.63, 3.8) is 0 Å². The van der Waals surface area contributed by atoms with Crippen LogP contribution >= 0.6 is 0 Å². The molecule has 1 aromatic rings. The van der Waals surface area contributed by atoms with Crippen LogP contribution in [0.1, 0.15) is 16.7 Å². The maximum Gasteiger partial charge on any atom is 0.133 e. The minimum absolute atomic E-state index is 1.39. The fraction of sp³-hybridized carbons (Fsp3) is 0.455. The monoisotopic (exact) mass is 164 g/mol. The first kappa shape index (κ1) is 9.27. The summed E-state index contributed by atoms with van der Waals surface area (Å²) < 4.78 is 0. The van der Waals surface area contributed by atoms with Gasteiger partial charge in [0.2, 0.25) is 0 Å². The van der Waals surface area contributed by atoms with E-state index >= 15 is 0 Å². The highest BCUT2D eigenvalue weighted by atomic mass is 15.1. The molecule has 0 atom stereocenters. The van der Waals surface area contributed by atoms with Gasteiger partial charge in [0.25, 0.3) is 0 Å². The van der Waals surface area contributed by atoms with E-state index in [4.69, 9.17) is 0 Å². The van der Waals surface area contributed by atoms with E-state index < -0.39 is 0 Å². The first-order valence-corrected chi connectivity index (χ1v) is 4.40. The summed E-state index contributed by atoms with van der Waals surface area (Å²) in [6.45, 7) is 6.51. The summed E-state index contributed by atoms with van der Waals surface area (Å²) in [6, 6.07) is 4.54. The predicted molar refractivity (Wildman–Crippen MR) is 53.1 cm³/mol. The zero-order chi connectivity index (χ0) is 9.30. The Morgan fingerprint density at radius 2 is 1.33 bits per heavy atom. The Hall–Kier alpha value is -0.820. The van der Waals surface area contributed by atoms with Crippen LogP contribution in [0.25, 0.3) is 0 Å². The molecule has 66 valence electrons. The predicted octanol–water partition coefficient (Wildman–Crippen LogP) is 1.39. The van der Waals surface area contributed by atoms with Gasteiger partial charge in [-0.25, -0.2) is 0 Å². The zero-order valence-corrected chi connectivity index (χ0v) is 8.65. The number of hydrogen-bond acceptors (Lipinski definition) is 0. The van der Waals surface area contributed by atoms with Crippen LogP contribution in [-0.4, -0.2) is 14.1 Å². The lowest BCUT2D eigenvalue weighted by Gasteiger charge is -2.12. The van der Waals surface area contributed by atoms with Crippen LogP contribution in [0.2, 0.25) is 0 Å². The van der Waals surface area contributed by atoms with E-state index in [2.05, 4.69) is 47.0 Å². The average Bonchev–Trinajstić information content (AvgIpc) is 1.96. The number of aryl methyl sites for hydroxylation is 3. The van der Waals surface area contributed by atoms with Gasteiger partial charge in [-0.15, -0.1) is 0 Å². The normalized spacial score (nSPS) is 10.8. The lowest BCUT2D eigenvalue weighted by Crippen LogP contribution is -3.00. The third kappa shape index (κ3) is 1.67. The van der Waals surface area contributed by atoms with Crippen molar-refractivity contribution in [2.24, 2.45) is 0 Å². The fourth-order valence-electron chi connectivity index (χ4n) is 1.50. The Bertz CT molecular complexity index is 287. The molecule has 0 spiro atoms. The number of nitrogens with one attached hydrogen (secondary N) is 1. The minimum Gasteiger partial charge on any atom is -0.307 e. The maximum atomic E-state index is 2.28. The molecule has 0 heterocycles. The molecular weight excluding hydrogens is 146 g/mol. The van der Waals surface area contributed by atoms with Gasteiger partial charge >= 0.3 is 0 Å². The standard InChI is InChI=1S/C11H17N/c1-8-6-10(3)11(12(4)5)7-9(8)2/h6-7H,1-5H3/p+1. The molecule has 0 aliphatic carbocycles. The van der Waals surface area contributed by atoms with Gasteiger partial charge < -0.3 is 4.90 Å². The van der Waals surface area contributed by atoms with Gasteiger partial charge in [-0.1, -0.05) is 6.07 Å². The molecule has 1 aromatic carbocycles. The molecule has 0 unspecified atom stereocenters. The van der Waals surface area contributed by atoms with Crippen LogP contribution in [0.3, 0.4) is 0 Å². The van der Waals surface area contributed by atoms with Crippen LogP contribution in [0.15, 0.2) is 12.1 Å². The number of rotatable bonds is 1. The van der Waals surface area contributed by atoms with Gasteiger partial charge in [0.15, 0.2) is 0 Å². The molecule has 1 rings (SSSR count). The summed E-state index contributed by atoms with van der Waals surface area (Å²) >= 11 is 0. The van der Waals surface area contributed by atoms with Crippen molar-refractivity contribution in [1.29, 1.82) is 0 Å². The highest BCUT2D eigenvalue weighted by molar-refractivity contribution is 5.45. The number of benzene rings is 1. The molecule has 0 radical (unpaired) electrons. The Kier molecular flexibility index (Phi) is 2.53. The number of hydrogen-bond donors (Lipinski definition) is 1. The molecular formula is C11H18N+. The second-order valence-corrected chi connectivity index (χ2v) is 3.75. The Balaban J connectivity index is 3.23. The van der Waals surface area contributed by atoms with Crippen molar-refractivity contribution >= 4 is 5.69 Å². The maximum absolute atomic E-state index is 2.28.